The fourth-order valence-electron chi connectivity index (χ4n) is 2.98. The molecule has 4 nitrogen and oxygen atoms in total. The highest BCUT2D eigenvalue weighted by molar-refractivity contribution is 7.93. The van der Waals surface area contributed by atoms with Crippen LogP contribution in [-0.2, 0) is 9.84 Å². The number of hydrogen-bond acceptors (Lipinski definition) is 5. The number of sulfone groups is 1. The normalized spacial score (nSPS) is 24.9. The standard InChI is InChI=1S/C15H25NO3S2/c1-2-12-5-3-6-13(9-12)16-10-14(17)11-21(18,19)15-7-4-8-20-15/h4,7-8,12-14,16-17H,2-3,5-6,9-11H2,1H3. The maximum Gasteiger partial charge on any atom is 0.190 e. The minimum atomic E-state index is -3.36. The first-order chi connectivity index (χ1) is 10.0. The molecule has 0 saturated heterocycles. The molecule has 3 atom stereocenters. The summed E-state index contributed by atoms with van der Waals surface area (Å²) in [6, 6.07) is 3.73. The summed E-state index contributed by atoms with van der Waals surface area (Å²) in [5, 5.41) is 15.1. The molecule has 1 aromatic heterocycles. The van der Waals surface area contributed by atoms with Gasteiger partial charge in [-0.1, -0.05) is 32.3 Å². The van der Waals surface area contributed by atoms with E-state index in [4.69, 9.17) is 0 Å². The molecule has 120 valence electrons. The smallest absolute Gasteiger partial charge is 0.190 e. The Morgan fingerprint density at radius 3 is 2.95 bits per heavy atom. The minimum absolute atomic E-state index is 0.204. The molecule has 3 unspecified atom stereocenters. The van der Waals surface area contributed by atoms with Crippen LogP contribution < -0.4 is 5.32 Å². The average molecular weight is 332 g/mol. The quantitative estimate of drug-likeness (QED) is 0.805. The van der Waals surface area contributed by atoms with Gasteiger partial charge < -0.3 is 10.4 Å². The van der Waals surface area contributed by atoms with Crippen LogP contribution in [0.15, 0.2) is 21.7 Å². The van der Waals surface area contributed by atoms with Crippen molar-refractivity contribution in [2.24, 2.45) is 5.92 Å². The highest BCUT2D eigenvalue weighted by Gasteiger charge is 2.23. The summed E-state index contributed by atoms with van der Waals surface area (Å²) in [6.45, 7) is 2.57. The van der Waals surface area contributed by atoms with E-state index in [0.717, 1.165) is 18.8 Å². The SMILES string of the molecule is CCC1CCCC(NCC(O)CS(=O)(=O)c2cccs2)C1. The van der Waals surface area contributed by atoms with Crippen LogP contribution in [0.3, 0.4) is 0 Å². The molecule has 0 bridgehead atoms. The molecule has 0 radical (unpaired) electrons. The first-order valence-electron chi connectivity index (χ1n) is 7.69. The van der Waals surface area contributed by atoms with E-state index in [2.05, 4.69) is 12.2 Å². The Morgan fingerprint density at radius 1 is 1.48 bits per heavy atom. The number of rotatable bonds is 7. The van der Waals surface area contributed by atoms with Crippen molar-refractivity contribution in [3.05, 3.63) is 17.5 Å². The van der Waals surface area contributed by atoms with E-state index in [9.17, 15) is 13.5 Å². The zero-order valence-electron chi connectivity index (χ0n) is 12.5. The first-order valence-corrected chi connectivity index (χ1v) is 10.2. The molecule has 1 saturated carbocycles. The van der Waals surface area contributed by atoms with E-state index in [-0.39, 0.29) is 5.75 Å². The minimum Gasteiger partial charge on any atom is -0.391 e. The van der Waals surface area contributed by atoms with Gasteiger partial charge in [0.25, 0.3) is 0 Å². The Balaban J connectivity index is 1.78. The summed E-state index contributed by atoms with van der Waals surface area (Å²) in [7, 11) is -3.36. The molecule has 1 aliphatic carbocycles. The lowest BCUT2D eigenvalue weighted by Crippen LogP contribution is -2.40. The Kier molecular flexibility index (Phi) is 6.22. The fraction of sp³-hybridized carbons (Fsp3) is 0.733. The molecule has 1 heterocycles. The molecular weight excluding hydrogens is 306 g/mol. The topological polar surface area (TPSA) is 66.4 Å². The molecule has 0 aromatic carbocycles. The summed E-state index contributed by atoms with van der Waals surface area (Å²) in [6.07, 6.45) is 5.14. The van der Waals surface area contributed by atoms with Crippen molar-refractivity contribution < 1.29 is 13.5 Å². The van der Waals surface area contributed by atoms with Crippen LogP contribution in [0.2, 0.25) is 0 Å². The van der Waals surface area contributed by atoms with Crippen molar-refractivity contribution in [2.45, 2.75) is 55.4 Å². The molecular formula is C15H25NO3S2. The number of aliphatic hydroxyl groups is 1. The zero-order chi connectivity index (χ0) is 15.3. The lowest BCUT2D eigenvalue weighted by atomic mass is 9.84. The molecule has 21 heavy (non-hydrogen) atoms. The van der Waals surface area contributed by atoms with Crippen LogP contribution in [-0.4, -0.2) is 38.0 Å². The summed E-state index contributed by atoms with van der Waals surface area (Å²) < 4.78 is 24.5. The van der Waals surface area contributed by atoms with Gasteiger partial charge in [0.05, 0.1) is 11.9 Å². The van der Waals surface area contributed by atoms with Gasteiger partial charge in [0.15, 0.2) is 9.84 Å². The number of nitrogens with one attached hydrogen (secondary N) is 1. The van der Waals surface area contributed by atoms with Gasteiger partial charge in [0.2, 0.25) is 0 Å². The second-order valence-electron chi connectivity index (χ2n) is 5.91. The number of thiophene rings is 1. The molecule has 1 aliphatic rings. The van der Waals surface area contributed by atoms with Gasteiger partial charge in [-0.25, -0.2) is 8.42 Å². The largest absolute Gasteiger partial charge is 0.391 e. The predicted octanol–water partition coefficient (Wildman–Crippen LogP) is 2.44. The summed E-state index contributed by atoms with van der Waals surface area (Å²) in [5.74, 6) is 0.563. The molecule has 1 aromatic rings. The molecule has 0 amide bonds. The Morgan fingerprint density at radius 2 is 2.29 bits per heavy atom. The van der Waals surface area contributed by atoms with E-state index in [1.165, 1.54) is 30.6 Å². The lowest BCUT2D eigenvalue weighted by Gasteiger charge is -2.29. The third-order valence-corrected chi connectivity index (χ3v) is 7.50. The van der Waals surface area contributed by atoms with E-state index in [1.54, 1.807) is 17.5 Å². The number of aliphatic hydroxyl groups excluding tert-OH is 1. The van der Waals surface area contributed by atoms with Crippen LogP contribution in [0.5, 0.6) is 0 Å². The van der Waals surface area contributed by atoms with Crippen molar-refractivity contribution in [1.29, 1.82) is 0 Å². The molecule has 0 aliphatic heterocycles. The Hall–Kier alpha value is -0.430. The molecule has 2 N–H and O–H groups in total. The van der Waals surface area contributed by atoms with Gasteiger partial charge in [-0.2, -0.15) is 0 Å². The maximum atomic E-state index is 12.1. The highest BCUT2D eigenvalue weighted by Crippen LogP contribution is 2.26. The van der Waals surface area contributed by atoms with Gasteiger partial charge in [-0.3, -0.25) is 0 Å². The van der Waals surface area contributed by atoms with Crippen LogP contribution in [0.25, 0.3) is 0 Å². The van der Waals surface area contributed by atoms with Gasteiger partial charge in [-0.05, 0) is 30.2 Å². The molecule has 2 rings (SSSR count). The second kappa shape index (κ2) is 7.72. The van der Waals surface area contributed by atoms with Gasteiger partial charge in [-0.15, -0.1) is 11.3 Å². The van der Waals surface area contributed by atoms with Crippen LogP contribution in [0, 0.1) is 5.92 Å². The van der Waals surface area contributed by atoms with Gasteiger partial charge in [0, 0.05) is 12.6 Å². The van der Waals surface area contributed by atoms with E-state index >= 15 is 0 Å². The van der Waals surface area contributed by atoms with Crippen molar-refractivity contribution in [3.8, 4) is 0 Å². The van der Waals surface area contributed by atoms with Crippen LogP contribution >= 0.6 is 11.3 Å². The van der Waals surface area contributed by atoms with E-state index in [1.807, 2.05) is 0 Å². The summed E-state index contributed by atoms with van der Waals surface area (Å²) >= 11 is 1.20. The van der Waals surface area contributed by atoms with Gasteiger partial charge in [0.1, 0.15) is 4.21 Å². The average Bonchev–Trinajstić information content (AvgIpc) is 3.00. The lowest BCUT2D eigenvalue weighted by molar-refractivity contribution is 0.177. The van der Waals surface area contributed by atoms with Crippen LogP contribution in [0.4, 0.5) is 0 Å². The summed E-state index contributed by atoms with van der Waals surface area (Å²) in [4.78, 5) is 0. The van der Waals surface area contributed by atoms with Crippen molar-refractivity contribution in [2.75, 3.05) is 12.3 Å². The molecule has 6 heteroatoms. The maximum absolute atomic E-state index is 12.1. The number of hydrogen-bond donors (Lipinski definition) is 2. The molecule has 1 fully saturated rings. The third kappa shape index (κ3) is 5.06. The van der Waals surface area contributed by atoms with Crippen molar-refractivity contribution >= 4 is 21.2 Å². The van der Waals surface area contributed by atoms with Crippen molar-refractivity contribution in [1.82, 2.24) is 5.32 Å². The predicted molar refractivity (Wildman–Crippen MR) is 86.4 cm³/mol. The van der Waals surface area contributed by atoms with E-state index in [0.29, 0.717) is 16.8 Å². The summed E-state index contributed by atoms with van der Waals surface area (Å²) in [5.41, 5.74) is 0. The van der Waals surface area contributed by atoms with Gasteiger partial charge >= 0.3 is 0 Å². The fourth-order valence-corrected chi connectivity index (χ4v) is 5.46. The second-order valence-corrected chi connectivity index (χ2v) is 9.12. The van der Waals surface area contributed by atoms with E-state index < -0.39 is 15.9 Å². The monoisotopic (exact) mass is 331 g/mol. The highest BCUT2D eigenvalue weighted by atomic mass is 32.2. The van der Waals surface area contributed by atoms with Crippen LogP contribution in [0.1, 0.15) is 39.0 Å². The zero-order valence-corrected chi connectivity index (χ0v) is 14.1. The Labute approximate surface area is 131 Å². The first kappa shape index (κ1) is 16.9. The Bertz CT molecular complexity index is 513. The third-order valence-electron chi connectivity index (χ3n) is 4.22. The molecule has 0 spiro atoms. The van der Waals surface area contributed by atoms with Crippen molar-refractivity contribution in [3.63, 3.8) is 0 Å².